The van der Waals surface area contributed by atoms with Crippen LogP contribution in [0.15, 0.2) is 24.3 Å². The number of carbonyl (C=O) groups is 1. The summed E-state index contributed by atoms with van der Waals surface area (Å²) in [7, 11) is 3.71. The van der Waals surface area contributed by atoms with Crippen LogP contribution in [0.25, 0.3) is 0 Å². The highest BCUT2D eigenvalue weighted by Gasteiger charge is 2.37. The summed E-state index contributed by atoms with van der Waals surface area (Å²) in [5.41, 5.74) is 2.59. The van der Waals surface area contributed by atoms with E-state index in [0.717, 1.165) is 24.1 Å². The predicted octanol–water partition coefficient (Wildman–Crippen LogP) is 3.12. The first-order valence-electron chi connectivity index (χ1n) is 8.79. The SMILES string of the molecule is COc1c2c(cc3c1[C@H](CC(=O)c1cc(Cl)ccc1Cl)[NH+](C)CC3)OCO2. The lowest BCUT2D eigenvalue weighted by Gasteiger charge is -2.32. The highest BCUT2D eigenvalue weighted by Crippen LogP contribution is 2.48. The molecule has 2 heterocycles. The number of quaternary nitrogens is 1. The van der Waals surface area contributed by atoms with Gasteiger partial charge in [0.2, 0.25) is 12.5 Å². The van der Waals surface area contributed by atoms with Crippen LogP contribution >= 0.6 is 23.2 Å². The minimum atomic E-state index is -0.0688. The van der Waals surface area contributed by atoms with Gasteiger partial charge in [-0.3, -0.25) is 4.79 Å². The lowest BCUT2D eigenvalue weighted by molar-refractivity contribution is -0.913. The molecule has 2 aliphatic heterocycles. The van der Waals surface area contributed by atoms with E-state index < -0.39 is 0 Å². The van der Waals surface area contributed by atoms with Gasteiger partial charge in [-0.15, -0.1) is 0 Å². The number of nitrogens with one attached hydrogen (secondary N) is 1. The molecule has 2 aliphatic rings. The third-order valence-corrected chi connectivity index (χ3v) is 5.86. The monoisotopic (exact) mass is 408 g/mol. The zero-order valence-electron chi connectivity index (χ0n) is 15.1. The van der Waals surface area contributed by atoms with E-state index in [1.165, 1.54) is 4.90 Å². The van der Waals surface area contributed by atoms with E-state index in [-0.39, 0.29) is 18.6 Å². The number of halogens is 2. The van der Waals surface area contributed by atoms with Crippen molar-refractivity contribution in [1.82, 2.24) is 0 Å². The van der Waals surface area contributed by atoms with Crippen LogP contribution in [0.4, 0.5) is 0 Å². The van der Waals surface area contributed by atoms with E-state index in [1.54, 1.807) is 25.3 Å². The average Bonchev–Trinajstić information content (AvgIpc) is 3.12. The van der Waals surface area contributed by atoms with Gasteiger partial charge in [-0.05, 0) is 29.8 Å². The van der Waals surface area contributed by atoms with Crippen molar-refractivity contribution in [3.8, 4) is 17.2 Å². The summed E-state index contributed by atoms with van der Waals surface area (Å²) < 4.78 is 16.8. The Hall–Kier alpha value is -1.95. The molecule has 0 saturated heterocycles. The number of hydrogen-bond donors (Lipinski definition) is 1. The fourth-order valence-electron chi connectivity index (χ4n) is 3.90. The van der Waals surface area contributed by atoms with Crippen molar-refractivity contribution in [2.75, 3.05) is 27.5 Å². The van der Waals surface area contributed by atoms with Gasteiger partial charge in [0.25, 0.3) is 0 Å². The number of ether oxygens (including phenoxy) is 3. The molecule has 2 aromatic rings. The van der Waals surface area contributed by atoms with Crippen LogP contribution in [0.5, 0.6) is 17.2 Å². The third kappa shape index (κ3) is 3.24. The van der Waals surface area contributed by atoms with Crippen molar-refractivity contribution in [3.63, 3.8) is 0 Å². The Morgan fingerprint density at radius 3 is 2.89 bits per heavy atom. The quantitative estimate of drug-likeness (QED) is 0.789. The molecule has 0 aliphatic carbocycles. The van der Waals surface area contributed by atoms with Crippen molar-refractivity contribution < 1.29 is 23.9 Å². The summed E-state index contributed by atoms with van der Waals surface area (Å²) in [6.07, 6.45) is 1.19. The molecule has 0 amide bonds. The summed E-state index contributed by atoms with van der Waals surface area (Å²) in [6, 6.07) is 6.90. The van der Waals surface area contributed by atoms with Crippen molar-refractivity contribution in [1.29, 1.82) is 0 Å². The summed E-state index contributed by atoms with van der Waals surface area (Å²) in [6.45, 7) is 1.09. The summed E-state index contributed by atoms with van der Waals surface area (Å²) in [5.74, 6) is 1.94. The molecule has 2 aromatic carbocycles. The van der Waals surface area contributed by atoms with Crippen LogP contribution in [0, 0.1) is 0 Å². The van der Waals surface area contributed by atoms with E-state index >= 15 is 0 Å². The van der Waals surface area contributed by atoms with Crippen molar-refractivity contribution in [2.24, 2.45) is 0 Å². The van der Waals surface area contributed by atoms with Gasteiger partial charge in [0.15, 0.2) is 17.3 Å². The Balaban J connectivity index is 1.74. The first kappa shape index (κ1) is 18.4. The number of Topliss-reactive ketones (excluding diaryl/α,β-unsaturated/α-hetero) is 1. The van der Waals surface area contributed by atoms with Gasteiger partial charge < -0.3 is 19.1 Å². The normalized spacial score (nSPS) is 20.3. The number of methoxy groups -OCH3 is 1. The predicted molar refractivity (Wildman–Crippen MR) is 103 cm³/mol. The van der Waals surface area contributed by atoms with Gasteiger partial charge in [0.05, 0.1) is 37.7 Å². The van der Waals surface area contributed by atoms with Crippen molar-refractivity contribution in [3.05, 3.63) is 51.0 Å². The van der Waals surface area contributed by atoms with Crippen LogP contribution < -0.4 is 19.1 Å². The highest BCUT2D eigenvalue weighted by molar-refractivity contribution is 6.35. The summed E-state index contributed by atoms with van der Waals surface area (Å²) in [5, 5.41) is 0.907. The van der Waals surface area contributed by atoms with E-state index in [4.69, 9.17) is 37.4 Å². The van der Waals surface area contributed by atoms with Gasteiger partial charge in [0, 0.05) is 17.0 Å². The van der Waals surface area contributed by atoms with E-state index in [0.29, 0.717) is 39.3 Å². The second-order valence-corrected chi connectivity index (χ2v) is 7.71. The van der Waals surface area contributed by atoms with Gasteiger partial charge in [-0.2, -0.15) is 0 Å². The highest BCUT2D eigenvalue weighted by atomic mass is 35.5. The lowest BCUT2D eigenvalue weighted by atomic mass is 9.87. The molecular formula is C20H20Cl2NO4+. The van der Waals surface area contributed by atoms with E-state index in [2.05, 4.69) is 7.05 Å². The Labute approximate surface area is 167 Å². The van der Waals surface area contributed by atoms with Gasteiger partial charge in [0.1, 0.15) is 6.04 Å². The van der Waals surface area contributed by atoms with Crippen LogP contribution in [-0.2, 0) is 6.42 Å². The zero-order chi connectivity index (χ0) is 19.1. The molecule has 7 heteroatoms. The number of likely N-dealkylation sites (N-methyl/N-ethyl adjacent to an activating group) is 1. The maximum Gasteiger partial charge on any atom is 0.231 e. The molecule has 0 radical (unpaired) electrons. The zero-order valence-corrected chi connectivity index (χ0v) is 16.6. The van der Waals surface area contributed by atoms with Crippen LogP contribution in [-0.4, -0.2) is 33.3 Å². The van der Waals surface area contributed by atoms with Crippen LogP contribution in [0.3, 0.4) is 0 Å². The number of carbonyl (C=O) groups excluding carboxylic acids is 1. The topological polar surface area (TPSA) is 49.2 Å². The molecule has 0 spiro atoms. The number of fused-ring (bicyclic) bond motifs is 2. The molecule has 1 N–H and O–H groups in total. The minimum Gasteiger partial charge on any atom is -0.492 e. The molecular weight excluding hydrogens is 389 g/mol. The molecule has 0 fully saturated rings. The lowest BCUT2D eigenvalue weighted by Crippen LogP contribution is -3.10. The largest absolute Gasteiger partial charge is 0.492 e. The van der Waals surface area contributed by atoms with Crippen molar-refractivity contribution >= 4 is 29.0 Å². The van der Waals surface area contributed by atoms with Crippen molar-refractivity contribution in [2.45, 2.75) is 18.9 Å². The fraction of sp³-hybridized carbons (Fsp3) is 0.350. The third-order valence-electron chi connectivity index (χ3n) is 5.30. The summed E-state index contributed by atoms with van der Waals surface area (Å²) in [4.78, 5) is 14.3. The Morgan fingerprint density at radius 2 is 2.11 bits per heavy atom. The molecule has 0 bridgehead atoms. The van der Waals surface area contributed by atoms with Gasteiger partial charge >= 0.3 is 0 Å². The molecule has 2 atom stereocenters. The maximum absolute atomic E-state index is 13.0. The Morgan fingerprint density at radius 1 is 1.30 bits per heavy atom. The van der Waals surface area contributed by atoms with E-state index in [1.807, 2.05) is 6.07 Å². The number of hydrogen-bond acceptors (Lipinski definition) is 4. The number of benzene rings is 2. The van der Waals surface area contributed by atoms with Crippen LogP contribution in [0.2, 0.25) is 10.0 Å². The second kappa shape index (κ2) is 7.23. The number of rotatable bonds is 4. The molecule has 5 nitrogen and oxygen atoms in total. The van der Waals surface area contributed by atoms with Gasteiger partial charge in [-0.1, -0.05) is 23.2 Å². The molecule has 1 unspecified atom stereocenters. The minimum absolute atomic E-state index is 0.0422. The Kier molecular flexibility index (Phi) is 4.93. The smallest absolute Gasteiger partial charge is 0.231 e. The van der Waals surface area contributed by atoms with Crippen LogP contribution in [0.1, 0.15) is 33.9 Å². The summed E-state index contributed by atoms with van der Waals surface area (Å²) >= 11 is 12.3. The second-order valence-electron chi connectivity index (χ2n) is 6.87. The average molecular weight is 409 g/mol. The first-order chi connectivity index (χ1) is 13.0. The Bertz CT molecular complexity index is 915. The fourth-order valence-corrected chi connectivity index (χ4v) is 4.30. The molecule has 27 heavy (non-hydrogen) atoms. The van der Waals surface area contributed by atoms with E-state index in [9.17, 15) is 4.79 Å². The standard InChI is InChI=1S/C20H19Cl2NO4/c1-23-6-5-11-7-17-19(27-10-26-17)20(25-2)18(11)15(23)9-16(24)13-8-12(21)3-4-14(13)22/h3-4,7-8,15H,5-6,9-10H2,1-2H3/p+1/t15-/m0/s1. The molecule has 0 saturated carbocycles. The molecule has 0 aromatic heterocycles. The molecule has 142 valence electrons. The van der Waals surface area contributed by atoms with Gasteiger partial charge in [-0.25, -0.2) is 0 Å². The first-order valence-corrected chi connectivity index (χ1v) is 9.55. The number of ketones is 1. The maximum atomic E-state index is 13.0. The molecule has 4 rings (SSSR count).